The van der Waals surface area contributed by atoms with Crippen LogP contribution in [-0.2, 0) is 33.7 Å². The van der Waals surface area contributed by atoms with Crippen molar-refractivity contribution in [2.24, 2.45) is 0 Å². The van der Waals surface area contributed by atoms with Crippen LogP contribution in [0.1, 0.15) is 53.1 Å². The predicted octanol–water partition coefficient (Wildman–Crippen LogP) is 4.06. The molecule has 7 nitrogen and oxygen atoms in total. The van der Waals surface area contributed by atoms with Gasteiger partial charge in [0.2, 0.25) is 5.91 Å². The number of ether oxygens (including phenoxy) is 2. The van der Waals surface area contributed by atoms with Gasteiger partial charge in [-0.2, -0.15) is 0 Å². The maximum Gasteiger partial charge on any atom is 0.408 e. The standard InChI is InChI=1S/C22H26N2O5S/c1-3-28-21(26)18-16-11-7-8-12-17(16)30-20(18)24-19(25)14(2)23-22(27)29-13-15-9-5-4-6-10-15/h4-6,9-10,14H,3,7-8,11-13H2,1-2H3,(H,23,27)(H,24,25)/t14-/m1/s1. The van der Waals surface area contributed by atoms with Crippen LogP contribution in [0.25, 0.3) is 0 Å². The lowest BCUT2D eigenvalue weighted by atomic mass is 9.95. The van der Waals surface area contributed by atoms with Gasteiger partial charge >= 0.3 is 12.1 Å². The van der Waals surface area contributed by atoms with E-state index in [-0.39, 0.29) is 13.2 Å². The molecule has 2 N–H and O–H groups in total. The molecule has 1 aliphatic carbocycles. The summed E-state index contributed by atoms with van der Waals surface area (Å²) in [5, 5.41) is 5.80. The number of nitrogens with one attached hydrogen (secondary N) is 2. The number of anilines is 1. The van der Waals surface area contributed by atoms with Crippen LogP contribution in [0.3, 0.4) is 0 Å². The predicted molar refractivity (Wildman–Crippen MR) is 115 cm³/mol. The molecule has 2 aromatic rings. The number of hydrogen-bond acceptors (Lipinski definition) is 6. The molecule has 0 unspecified atom stereocenters. The summed E-state index contributed by atoms with van der Waals surface area (Å²) in [4.78, 5) is 38.3. The van der Waals surface area contributed by atoms with Gasteiger partial charge in [0.05, 0.1) is 12.2 Å². The van der Waals surface area contributed by atoms with E-state index >= 15 is 0 Å². The van der Waals surface area contributed by atoms with Crippen molar-refractivity contribution < 1.29 is 23.9 Å². The van der Waals surface area contributed by atoms with Gasteiger partial charge < -0.3 is 20.1 Å². The highest BCUT2D eigenvalue weighted by Gasteiger charge is 2.28. The SMILES string of the molecule is CCOC(=O)c1c(NC(=O)[C@@H](C)NC(=O)OCc2ccccc2)sc2c1CCCC2. The van der Waals surface area contributed by atoms with Crippen LogP contribution in [0, 0.1) is 0 Å². The summed E-state index contributed by atoms with van der Waals surface area (Å²) < 4.78 is 10.4. The van der Waals surface area contributed by atoms with Gasteiger partial charge in [-0.15, -0.1) is 11.3 Å². The van der Waals surface area contributed by atoms with Gasteiger partial charge in [0, 0.05) is 4.88 Å². The third-order valence-electron chi connectivity index (χ3n) is 4.83. The van der Waals surface area contributed by atoms with Crippen LogP contribution in [-0.4, -0.2) is 30.6 Å². The van der Waals surface area contributed by atoms with Crippen molar-refractivity contribution in [2.45, 2.75) is 52.2 Å². The normalized spacial score (nSPS) is 13.7. The summed E-state index contributed by atoms with van der Waals surface area (Å²) in [6.45, 7) is 3.70. The molecule has 2 amide bonds. The summed E-state index contributed by atoms with van der Waals surface area (Å²) in [6.07, 6.45) is 3.08. The fourth-order valence-electron chi connectivity index (χ4n) is 3.30. The summed E-state index contributed by atoms with van der Waals surface area (Å²) in [7, 11) is 0. The van der Waals surface area contributed by atoms with Crippen molar-refractivity contribution in [3.63, 3.8) is 0 Å². The van der Waals surface area contributed by atoms with Crippen LogP contribution in [0.4, 0.5) is 9.80 Å². The van der Waals surface area contributed by atoms with E-state index in [9.17, 15) is 14.4 Å². The Labute approximate surface area is 179 Å². The molecule has 0 radical (unpaired) electrons. The highest BCUT2D eigenvalue weighted by molar-refractivity contribution is 7.17. The molecule has 0 spiro atoms. The molecule has 0 fully saturated rings. The summed E-state index contributed by atoms with van der Waals surface area (Å²) in [5.74, 6) is -0.842. The fourth-order valence-corrected chi connectivity index (χ4v) is 4.58. The summed E-state index contributed by atoms with van der Waals surface area (Å²) in [5.41, 5.74) is 2.28. The average molecular weight is 431 g/mol. The van der Waals surface area contributed by atoms with E-state index in [1.165, 1.54) is 11.3 Å². The maximum atomic E-state index is 12.6. The lowest BCUT2D eigenvalue weighted by Crippen LogP contribution is -2.41. The summed E-state index contributed by atoms with van der Waals surface area (Å²) in [6, 6.07) is 8.45. The van der Waals surface area contributed by atoms with E-state index in [1.807, 2.05) is 30.3 Å². The molecular weight excluding hydrogens is 404 g/mol. The minimum Gasteiger partial charge on any atom is -0.462 e. The number of fused-ring (bicyclic) bond motifs is 1. The second-order valence-corrected chi connectivity index (χ2v) is 8.16. The van der Waals surface area contributed by atoms with E-state index in [2.05, 4.69) is 10.6 Å². The van der Waals surface area contributed by atoms with Crippen molar-refractivity contribution in [2.75, 3.05) is 11.9 Å². The molecule has 1 heterocycles. The number of alkyl carbamates (subject to hydrolysis) is 1. The number of benzene rings is 1. The minimum absolute atomic E-state index is 0.117. The molecule has 0 bridgehead atoms. The first-order valence-corrected chi connectivity index (χ1v) is 10.9. The molecule has 0 aliphatic heterocycles. The average Bonchev–Trinajstić information content (AvgIpc) is 3.11. The maximum absolute atomic E-state index is 12.6. The Balaban J connectivity index is 1.62. The summed E-state index contributed by atoms with van der Waals surface area (Å²) >= 11 is 1.41. The molecule has 30 heavy (non-hydrogen) atoms. The molecular formula is C22H26N2O5S. The van der Waals surface area contributed by atoms with Crippen molar-refractivity contribution in [3.05, 3.63) is 51.9 Å². The quantitative estimate of drug-likeness (QED) is 0.646. The Kier molecular flexibility index (Phi) is 7.46. The van der Waals surface area contributed by atoms with Gasteiger partial charge in [-0.1, -0.05) is 30.3 Å². The van der Waals surface area contributed by atoms with Gasteiger partial charge in [-0.05, 0) is 50.7 Å². The Hall–Kier alpha value is -2.87. The van der Waals surface area contributed by atoms with Crippen molar-refractivity contribution in [3.8, 4) is 0 Å². The number of hydrogen-bond donors (Lipinski definition) is 2. The number of thiophene rings is 1. The number of carbonyl (C=O) groups is 3. The van der Waals surface area contributed by atoms with Gasteiger partial charge in [0.25, 0.3) is 0 Å². The van der Waals surface area contributed by atoms with E-state index < -0.39 is 24.0 Å². The van der Waals surface area contributed by atoms with Crippen LogP contribution in [0.5, 0.6) is 0 Å². The van der Waals surface area contributed by atoms with Crippen LogP contribution in [0.15, 0.2) is 30.3 Å². The van der Waals surface area contributed by atoms with Crippen molar-refractivity contribution in [1.82, 2.24) is 5.32 Å². The number of carbonyl (C=O) groups excluding carboxylic acids is 3. The van der Waals surface area contributed by atoms with Gasteiger partial charge in [-0.25, -0.2) is 9.59 Å². The molecule has 1 aromatic carbocycles. The Morgan fingerprint density at radius 3 is 2.57 bits per heavy atom. The van der Waals surface area contributed by atoms with Crippen LogP contribution in [0.2, 0.25) is 0 Å². The molecule has 0 saturated heterocycles. The molecule has 3 rings (SSSR count). The largest absolute Gasteiger partial charge is 0.462 e. The highest BCUT2D eigenvalue weighted by atomic mass is 32.1. The zero-order chi connectivity index (χ0) is 21.5. The third kappa shape index (κ3) is 5.38. The Bertz CT molecular complexity index is 910. The lowest BCUT2D eigenvalue weighted by molar-refractivity contribution is -0.117. The number of amides is 2. The van der Waals surface area contributed by atoms with E-state index in [4.69, 9.17) is 9.47 Å². The Morgan fingerprint density at radius 1 is 1.10 bits per heavy atom. The highest BCUT2D eigenvalue weighted by Crippen LogP contribution is 2.38. The second-order valence-electron chi connectivity index (χ2n) is 7.05. The smallest absolute Gasteiger partial charge is 0.408 e. The molecule has 8 heteroatoms. The van der Waals surface area contributed by atoms with E-state index in [0.717, 1.165) is 41.7 Å². The third-order valence-corrected chi connectivity index (χ3v) is 6.04. The fraction of sp³-hybridized carbons (Fsp3) is 0.409. The topological polar surface area (TPSA) is 93.7 Å². The first kappa shape index (κ1) is 21.8. The second kappa shape index (κ2) is 10.2. The van der Waals surface area contributed by atoms with Gasteiger partial charge in [-0.3, -0.25) is 4.79 Å². The van der Waals surface area contributed by atoms with Crippen molar-refractivity contribution in [1.29, 1.82) is 0 Å². The Morgan fingerprint density at radius 2 is 1.83 bits per heavy atom. The minimum atomic E-state index is -0.831. The monoisotopic (exact) mass is 430 g/mol. The zero-order valence-electron chi connectivity index (χ0n) is 17.2. The van der Waals surface area contributed by atoms with Crippen LogP contribution < -0.4 is 10.6 Å². The first-order chi connectivity index (χ1) is 14.5. The molecule has 1 aliphatic rings. The molecule has 0 saturated carbocycles. The number of aryl methyl sites for hydroxylation is 1. The molecule has 1 aromatic heterocycles. The zero-order valence-corrected chi connectivity index (χ0v) is 18.0. The van der Waals surface area contributed by atoms with E-state index in [1.54, 1.807) is 13.8 Å². The van der Waals surface area contributed by atoms with Gasteiger partial charge in [0.1, 0.15) is 17.6 Å². The van der Waals surface area contributed by atoms with E-state index in [0.29, 0.717) is 10.6 Å². The van der Waals surface area contributed by atoms with Gasteiger partial charge in [0.15, 0.2) is 0 Å². The van der Waals surface area contributed by atoms with Crippen LogP contribution >= 0.6 is 11.3 Å². The number of esters is 1. The molecule has 160 valence electrons. The number of rotatable bonds is 7. The van der Waals surface area contributed by atoms with Crippen molar-refractivity contribution >= 4 is 34.3 Å². The lowest BCUT2D eigenvalue weighted by Gasteiger charge is -2.15. The molecule has 1 atom stereocenters. The first-order valence-electron chi connectivity index (χ1n) is 10.1.